The molecule has 1 spiro atoms. The smallest absolute Gasteiger partial charge is 0.255 e. The van der Waals surface area contributed by atoms with Gasteiger partial charge in [-0.3, -0.25) is 0 Å². The summed E-state index contributed by atoms with van der Waals surface area (Å²) in [5, 5.41) is 0. The van der Waals surface area contributed by atoms with Gasteiger partial charge in [-0.1, -0.05) is 0 Å². The molecule has 2 bridgehead atoms. The number of hydrogen-bond donors (Lipinski definition) is 0. The Hall–Kier alpha value is -0.290. The highest BCUT2D eigenvalue weighted by Gasteiger charge is 2.62. The van der Waals surface area contributed by atoms with Crippen molar-refractivity contribution in [3.63, 3.8) is 0 Å². The SMILES string of the molecule is O=S(=O)([O-])F.[CH+]1C2CCC(CC2)C12CC2. The summed E-state index contributed by atoms with van der Waals surface area (Å²) in [6, 6.07) is 0. The molecule has 4 aliphatic carbocycles. The van der Waals surface area contributed by atoms with Crippen molar-refractivity contribution in [3.8, 4) is 0 Å². The van der Waals surface area contributed by atoms with Crippen LogP contribution < -0.4 is 0 Å². The predicted octanol–water partition coefficient (Wildman–Crippen LogP) is 2.21. The van der Waals surface area contributed by atoms with Gasteiger partial charge in [0.25, 0.3) is 10.5 Å². The van der Waals surface area contributed by atoms with E-state index in [4.69, 9.17) is 13.0 Å². The van der Waals surface area contributed by atoms with Crippen LogP contribution in [0.25, 0.3) is 0 Å². The first-order chi connectivity index (χ1) is 6.89. The zero-order chi connectivity index (χ0) is 11.1. The number of halogens is 1. The Kier molecular flexibility index (Phi) is 2.71. The Morgan fingerprint density at radius 1 is 1.20 bits per heavy atom. The summed E-state index contributed by atoms with van der Waals surface area (Å²) < 4.78 is 35.3. The highest BCUT2D eigenvalue weighted by atomic mass is 32.3. The second kappa shape index (κ2) is 3.63. The van der Waals surface area contributed by atoms with Crippen LogP contribution in [0.15, 0.2) is 0 Å². The number of rotatable bonds is 0. The lowest BCUT2D eigenvalue weighted by Gasteiger charge is -2.35. The van der Waals surface area contributed by atoms with Crippen LogP contribution >= 0.6 is 0 Å². The lowest BCUT2D eigenvalue weighted by Crippen LogP contribution is -2.32. The van der Waals surface area contributed by atoms with Crippen LogP contribution in [0.1, 0.15) is 38.5 Å². The topological polar surface area (TPSA) is 57.2 Å². The standard InChI is InChI=1S/C10H15.FHO3S/c1-3-9-4-2-8(1)7-10(9)5-6-10;1-5(2,3)4/h7-9H,1-6H2;(H,2,3,4)/q+1;/p-1. The van der Waals surface area contributed by atoms with Gasteiger partial charge in [-0.05, 0) is 38.5 Å². The second-order valence-electron chi connectivity index (χ2n) is 4.90. The highest BCUT2D eigenvalue weighted by molar-refractivity contribution is 7.80. The largest absolute Gasteiger partial charge is 0.722 e. The van der Waals surface area contributed by atoms with Crippen LogP contribution in [-0.2, 0) is 10.5 Å². The van der Waals surface area contributed by atoms with E-state index in [2.05, 4.69) is 6.42 Å². The molecule has 0 unspecified atom stereocenters. The first kappa shape index (κ1) is 11.2. The normalized spacial score (nSPS) is 35.3. The Labute approximate surface area is 90.1 Å². The summed E-state index contributed by atoms with van der Waals surface area (Å²) >= 11 is 0. The fraction of sp³-hybridized carbons (Fsp3) is 0.900. The zero-order valence-corrected chi connectivity index (χ0v) is 9.30. The van der Waals surface area contributed by atoms with Crippen LogP contribution in [0.5, 0.6) is 0 Å². The fourth-order valence-electron chi connectivity index (χ4n) is 3.19. The average molecular weight is 234 g/mol. The van der Waals surface area contributed by atoms with Crippen molar-refractivity contribution in [3.05, 3.63) is 6.42 Å². The minimum atomic E-state index is -5.42. The van der Waals surface area contributed by atoms with Gasteiger partial charge in [0.2, 0.25) is 0 Å². The van der Waals surface area contributed by atoms with Crippen molar-refractivity contribution in [2.75, 3.05) is 0 Å². The van der Waals surface area contributed by atoms with E-state index >= 15 is 0 Å². The summed E-state index contributed by atoms with van der Waals surface area (Å²) in [5.74, 6) is 2.16. The first-order valence-electron chi connectivity index (χ1n) is 5.41. The third kappa shape index (κ3) is 2.84. The minimum absolute atomic E-state index is 0.821. The van der Waals surface area contributed by atoms with Gasteiger partial charge in [0.1, 0.15) is 5.41 Å². The van der Waals surface area contributed by atoms with Gasteiger partial charge in [0.15, 0.2) is 0 Å². The lowest BCUT2D eigenvalue weighted by molar-refractivity contribution is 0.145. The summed E-state index contributed by atoms with van der Waals surface area (Å²) in [6.07, 6.45) is 11.9. The van der Waals surface area contributed by atoms with Crippen LogP contribution in [0.2, 0.25) is 0 Å². The molecule has 0 aliphatic heterocycles. The molecule has 15 heavy (non-hydrogen) atoms. The molecule has 0 radical (unpaired) electrons. The van der Waals surface area contributed by atoms with Crippen LogP contribution in [-0.4, -0.2) is 13.0 Å². The number of fused-ring (bicyclic) bond motifs is 2. The highest BCUT2D eigenvalue weighted by Crippen LogP contribution is 2.64. The third-order valence-corrected chi connectivity index (χ3v) is 3.98. The van der Waals surface area contributed by atoms with Crippen molar-refractivity contribution in [2.24, 2.45) is 17.3 Å². The third-order valence-electron chi connectivity index (χ3n) is 3.98. The van der Waals surface area contributed by atoms with E-state index in [1.165, 1.54) is 25.7 Å². The molecule has 0 N–H and O–H groups in total. The van der Waals surface area contributed by atoms with Crippen LogP contribution in [0, 0.1) is 23.7 Å². The Morgan fingerprint density at radius 3 is 1.87 bits per heavy atom. The number of hydrogen-bond acceptors (Lipinski definition) is 3. The van der Waals surface area contributed by atoms with Crippen molar-refractivity contribution in [1.29, 1.82) is 0 Å². The lowest BCUT2D eigenvalue weighted by atomic mass is 9.63. The van der Waals surface area contributed by atoms with Gasteiger partial charge in [0.05, 0.1) is 12.3 Å². The zero-order valence-electron chi connectivity index (χ0n) is 8.49. The molecule has 0 aromatic rings. The molecule has 0 aromatic heterocycles. The van der Waals surface area contributed by atoms with Gasteiger partial charge in [-0.15, -0.1) is 3.89 Å². The molecule has 0 atom stereocenters. The van der Waals surface area contributed by atoms with Crippen molar-refractivity contribution < 1.29 is 16.9 Å². The van der Waals surface area contributed by atoms with E-state index in [-0.39, 0.29) is 0 Å². The molecule has 0 amide bonds. The maximum atomic E-state index is 10.1. The van der Waals surface area contributed by atoms with E-state index in [0.29, 0.717) is 0 Å². The van der Waals surface area contributed by atoms with Gasteiger partial charge < -0.3 is 4.55 Å². The van der Waals surface area contributed by atoms with E-state index in [1.807, 2.05) is 0 Å². The molecule has 3 nitrogen and oxygen atoms in total. The van der Waals surface area contributed by atoms with Crippen LogP contribution in [0.4, 0.5) is 3.89 Å². The monoisotopic (exact) mass is 234 g/mol. The maximum absolute atomic E-state index is 10.1. The van der Waals surface area contributed by atoms with E-state index in [0.717, 1.165) is 17.3 Å². The molecule has 5 heteroatoms. The molecule has 4 fully saturated rings. The average Bonchev–Trinajstić information content (AvgIpc) is 2.84. The summed E-state index contributed by atoms with van der Waals surface area (Å²) in [5.41, 5.74) is 0.821. The molecule has 4 saturated carbocycles. The molecule has 86 valence electrons. The van der Waals surface area contributed by atoms with E-state index < -0.39 is 10.5 Å². The summed E-state index contributed by atoms with van der Waals surface area (Å²) in [6.45, 7) is 0. The second-order valence-corrected chi connectivity index (χ2v) is 5.69. The quantitative estimate of drug-likeness (QED) is 0.367. The van der Waals surface area contributed by atoms with Gasteiger partial charge in [0, 0.05) is 5.92 Å². The Bertz CT molecular complexity index is 319. The van der Waals surface area contributed by atoms with Crippen molar-refractivity contribution in [2.45, 2.75) is 38.5 Å². The molecule has 4 aliphatic rings. The van der Waals surface area contributed by atoms with Gasteiger partial charge in [-0.2, -0.15) is 0 Å². The first-order valence-corrected chi connectivity index (χ1v) is 6.71. The predicted molar refractivity (Wildman–Crippen MR) is 52.2 cm³/mol. The molecular weight excluding hydrogens is 219 g/mol. The summed E-state index contributed by atoms with van der Waals surface area (Å²) in [7, 11) is -5.42. The van der Waals surface area contributed by atoms with Gasteiger partial charge >= 0.3 is 0 Å². The maximum Gasteiger partial charge on any atom is 0.255 e. The fourth-order valence-corrected chi connectivity index (χ4v) is 3.19. The van der Waals surface area contributed by atoms with E-state index in [9.17, 15) is 3.89 Å². The van der Waals surface area contributed by atoms with Crippen LogP contribution in [0.3, 0.4) is 0 Å². The molecule has 0 aromatic carbocycles. The molecule has 4 rings (SSSR count). The molecule has 0 heterocycles. The molecular formula is C10H15FO3S. The van der Waals surface area contributed by atoms with Crippen molar-refractivity contribution >= 4 is 10.5 Å². The molecule has 0 saturated heterocycles. The minimum Gasteiger partial charge on any atom is -0.722 e. The Morgan fingerprint density at radius 2 is 1.67 bits per heavy atom. The van der Waals surface area contributed by atoms with E-state index in [1.54, 1.807) is 12.8 Å². The summed E-state index contributed by atoms with van der Waals surface area (Å²) in [4.78, 5) is 0. The van der Waals surface area contributed by atoms with Crippen molar-refractivity contribution in [1.82, 2.24) is 0 Å². The Balaban J connectivity index is 0.000000149. The van der Waals surface area contributed by atoms with Gasteiger partial charge in [-0.25, -0.2) is 8.42 Å².